The summed E-state index contributed by atoms with van der Waals surface area (Å²) < 4.78 is 0.984. The molecule has 1 aromatic rings. The van der Waals surface area contributed by atoms with E-state index in [0.717, 1.165) is 8.66 Å². The van der Waals surface area contributed by atoms with E-state index in [0.29, 0.717) is 6.42 Å². The van der Waals surface area contributed by atoms with Crippen LogP contribution in [-0.2, 0) is 0 Å². The van der Waals surface area contributed by atoms with Crippen molar-refractivity contribution in [3.63, 3.8) is 0 Å². The molecular formula is C8H8BrNO2S. The lowest BCUT2D eigenvalue weighted by atomic mass is 10.3. The summed E-state index contributed by atoms with van der Waals surface area (Å²) in [6.07, 6.45) is 2.05. The van der Waals surface area contributed by atoms with Crippen molar-refractivity contribution in [2.45, 2.75) is 13.3 Å². The van der Waals surface area contributed by atoms with Crippen molar-refractivity contribution in [2.24, 2.45) is 0 Å². The topological polar surface area (TPSA) is 43.1 Å². The summed E-state index contributed by atoms with van der Waals surface area (Å²) in [6.45, 7) is 1.78. The van der Waals surface area contributed by atoms with Crippen LogP contribution in [-0.4, -0.2) is 4.92 Å². The second-order valence-corrected chi connectivity index (χ2v) is 4.88. The highest BCUT2D eigenvalue weighted by Gasteiger charge is 2.07. The lowest BCUT2D eigenvalue weighted by Gasteiger charge is -1.91. The predicted octanol–water partition coefficient (Wildman–Crippen LogP) is 3.54. The number of hydrogen-bond acceptors (Lipinski definition) is 3. The standard InChI is InChI=1S/C8H8BrNO2S/c1-2-6(10(11)12)5-7-3-4-8(9)13-7/h3-5H,2H2,1H3/b6-5-. The van der Waals surface area contributed by atoms with Crippen LogP contribution in [0.5, 0.6) is 0 Å². The molecule has 0 amide bonds. The van der Waals surface area contributed by atoms with E-state index < -0.39 is 0 Å². The Bertz CT molecular complexity index is 346. The Balaban J connectivity index is 2.91. The summed E-state index contributed by atoms with van der Waals surface area (Å²) in [7, 11) is 0. The Hall–Kier alpha value is -0.680. The van der Waals surface area contributed by atoms with Crippen LogP contribution in [0.2, 0.25) is 0 Å². The van der Waals surface area contributed by atoms with Crippen LogP contribution in [0.4, 0.5) is 0 Å². The molecule has 1 aromatic heterocycles. The average Bonchev–Trinajstić information content (AvgIpc) is 2.46. The molecule has 0 radical (unpaired) electrons. The van der Waals surface area contributed by atoms with Crippen molar-refractivity contribution in [3.8, 4) is 0 Å². The molecule has 0 spiro atoms. The second kappa shape index (κ2) is 4.53. The molecule has 0 saturated carbocycles. The van der Waals surface area contributed by atoms with Crippen LogP contribution in [0.15, 0.2) is 21.6 Å². The third kappa shape index (κ3) is 2.93. The summed E-state index contributed by atoms with van der Waals surface area (Å²) in [5.41, 5.74) is 0.245. The van der Waals surface area contributed by atoms with Crippen LogP contribution in [0, 0.1) is 10.1 Å². The van der Waals surface area contributed by atoms with Gasteiger partial charge in [-0.25, -0.2) is 0 Å². The highest BCUT2D eigenvalue weighted by Crippen LogP contribution is 2.24. The molecule has 0 aliphatic carbocycles. The molecule has 13 heavy (non-hydrogen) atoms. The number of allylic oxidation sites excluding steroid dienone is 1. The van der Waals surface area contributed by atoms with Crippen molar-refractivity contribution in [3.05, 3.63) is 36.6 Å². The van der Waals surface area contributed by atoms with E-state index in [2.05, 4.69) is 15.9 Å². The van der Waals surface area contributed by atoms with Crippen LogP contribution >= 0.6 is 27.3 Å². The van der Waals surface area contributed by atoms with E-state index in [-0.39, 0.29) is 10.6 Å². The first-order valence-corrected chi connectivity index (χ1v) is 5.34. The van der Waals surface area contributed by atoms with Gasteiger partial charge in [0.25, 0.3) is 0 Å². The molecule has 0 bridgehead atoms. The van der Waals surface area contributed by atoms with Gasteiger partial charge in [-0.3, -0.25) is 10.1 Å². The maximum Gasteiger partial charge on any atom is 0.247 e. The fraction of sp³-hybridized carbons (Fsp3) is 0.250. The van der Waals surface area contributed by atoms with Gasteiger partial charge in [-0.2, -0.15) is 0 Å². The minimum Gasteiger partial charge on any atom is -0.259 e. The van der Waals surface area contributed by atoms with Gasteiger partial charge in [0.15, 0.2) is 0 Å². The van der Waals surface area contributed by atoms with Crippen LogP contribution in [0.1, 0.15) is 18.2 Å². The Morgan fingerprint density at radius 3 is 2.85 bits per heavy atom. The first-order valence-electron chi connectivity index (χ1n) is 3.73. The molecule has 3 nitrogen and oxygen atoms in total. The maximum atomic E-state index is 10.5. The van der Waals surface area contributed by atoms with Crippen LogP contribution in [0.3, 0.4) is 0 Å². The Kier molecular flexibility index (Phi) is 3.62. The highest BCUT2D eigenvalue weighted by atomic mass is 79.9. The minimum absolute atomic E-state index is 0.245. The summed E-state index contributed by atoms with van der Waals surface area (Å²) in [5, 5.41) is 10.5. The maximum absolute atomic E-state index is 10.5. The zero-order valence-corrected chi connectivity index (χ0v) is 9.39. The molecule has 0 aliphatic rings. The Morgan fingerprint density at radius 2 is 2.46 bits per heavy atom. The van der Waals surface area contributed by atoms with Crippen LogP contribution in [0.25, 0.3) is 6.08 Å². The van der Waals surface area contributed by atoms with Crippen molar-refractivity contribution >= 4 is 33.3 Å². The molecule has 5 heteroatoms. The van der Waals surface area contributed by atoms with Gasteiger partial charge in [0.05, 0.1) is 8.71 Å². The van der Waals surface area contributed by atoms with E-state index >= 15 is 0 Å². The first-order chi connectivity index (χ1) is 6.13. The molecule has 0 atom stereocenters. The molecular weight excluding hydrogens is 254 g/mol. The Morgan fingerprint density at radius 1 is 1.77 bits per heavy atom. The summed E-state index contributed by atoms with van der Waals surface area (Å²) >= 11 is 4.79. The molecule has 0 aliphatic heterocycles. The van der Waals surface area contributed by atoms with Gasteiger partial charge < -0.3 is 0 Å². The molecule has 0 saturated heterocycles. The quantitative estimate of drug-likeness (QED) is 0.617. The lowest BCUT2D eigenvalue weighted by Crippen LogP contribution is -1.95. The van der Waals surface area contributed by atoms with E-state index in [1.54, 1.807) is 13.0 Å². The predicted molar refractivity (Wildman–Crippen MR) is 57.3 cm³/mol. The fourth-order valence-electron chi connectivity index (χ4n) is 0.854. The van der Waals surface area contributed by atoms with Gasteiger partial charge in [-0.05, 0) is 28.1 Å². The SMILES string of the molecule is CC/C(=C/c1ccc(Br)s1)[N+](=O)[O-]. The molecule has 0 unspecified atom stereocenters. The number of nitrogens with zero attached hydrogens (tertiary/aromatic N) is 1. The Labute approximate surface area is 88.4 Å². The molecule has 0 N–H and O–H groups in total. The molecule has 70 valence electrons. The third-order valence-corrected chi connectivity index (χ3v) is 3.07. The van der Waals surface area contributed by atoms with Gasteiger partial charge in [0.2, 0.25) is 5.70 Å². The molecule has 0 aromatic carbocycles. The monoisotopic (exact) mass is 261 g/mol. The first kappa shape index (κ1) is 10.4. The largest absolute Gasteiger partial charge is 0.259 e. The summed E-state index contributed by atoms with van der Waals surface area (Å²) in [5.74, 6) is 0. The van der Waals surface area contributed by atoms with E-state index in [4.69, 9.17) is 0 Å². The van der Waals surface area contributed by atoms with Gasteiger partial charge in [0, 0.05) is 17.4 Å². The summed E-state index contributed by atoms with van der Waals surface area (Å²) in [6, 6.07) is 3.73. The number of hydrogen-bond donors (Lipinski definition) is 0. The fourth-order valence-corrected chi connectivity index (χ4v) is 2.24. The average molecular weight is 262 g/mol. The van der Waals surface area contributed by atoms with E-state index in [1.807, 2.05) is 12.1 Å². The van der Waals surface area contributed by atoms with Crippen molar-refractivity contribution in [1.29, 1.82) is 0 Å². The molecule has 1 heterocycles. The minimum atomic E-state index is -0.340. The normalized spacial score (nSPS) is 11.7. The van der Waals surface area contributed by atoms with Crippen LogP contribution < -0.4 is 0 Å². The zero-order valence-electron chi connectivity index (χ0n) is 6.99. The van der Waals surface area contributed by atoms with Gasteiger partial charge in [0.1, 0.15) is 0 Å². The number of nitro groups is 1. The van der Waals surface area contributed by atoms with Gasteiger partial charge >= 0.3 is 0 Å². The second-order valence-electron chi connectivity index (χ2n) is 2.39. The van der Waals surface area contributed by atoms with Crippen molar-refractivity contribution in [2.75, 3.05) is 0 Å². The highest BCUT2D eigenvalue weighted by molar-refractivity contribution is 9.11. The van der Waals surface area contributed by atoms with Gasteiger partial charge in [-0.1, -0.05) is 6.92 Å². The number of rotatable bonds is 3. The van der Waals surface area contributed by atoms with E-state index in [9.17, 15) is 10.1 Å². The van der Waals surface area contributed by atoms with Crippen molar-refractivity contribution < 1.29 is 4.92 Å². The van der Waals surface area contributed by atoms with Gasteiger partial charge in [-0.15, -0.1) is 11.3 Å². The molecule has 0 fully saturated rings. The zero-order chi connectivity index (χ0) is 9.84. The third-order valence-electron chi connectivity index (χ3n) is 1.50. The lowest BCUT2D eigenvalue weighted by molar-refractivity contribution is -0.425. The molecule has 1 rings (SSSR count). The van der Waals surface area contributed by atoms with E-state index in [1.165, 1.54) is 11.3 Å². The summed E-state index contributed by atoms with van der Waals surface area (Å²) in [4.78, 5) is 11.0. The van der Waals surface area contributed by atoms with Crippen molar-refractivity contribution in [1.82, 2.24) is 0 Å². The smallest absolute Gasteiger partial charge is 0.247 e. The number of halogens is 1. The number of thiophene rings is 1.